The van der Waals surface area contributed by atoms with Crippen LogP contribution in [0, 0.1) is 0 Å². The van der Waals surface area contributed by atoms with Gasteiger partial charge in [0.05, 0.1) is 19.2 Å². The van der Waals surface area contributed by atoms with Gasteiger partial charge in [-0.1, -0.05) is 42.5 Å². The summed E-state index contributed by atoms with van der Waals surface area (Å²) in [6.45, 7) is 0.669. The molecule has 1 fully saturated rings. The Morgan fingerprint density at radius 2 is 1.90 bits per heavy atom. The first-order valence-electron chi connectivity index (χ1n) is 9.90. The lowest BCUT2D eigenvalue weighted by molar-refractivity contribution is -0.119. The number of fused-ring (bicyclic) bond motifs is 1. The molecule has 1 N–H and O–H groups in total. The molecule has 1 heterocycles. The van der Waals surface area contributed by atoms with Crippen molar-refractivity contribution in [2.24, 2.45) is 0 Å². The largest absolute Gasteiger partial charge is 0.495 e. The molecule has 3 aromatic rings. The van der Waals surface area contributed by atoms with Crippen LogP contribution in [0.15, 0.2) is 60.7 Å². The third kappa shape index (κ3) is 4.09. The van der Waals surface area contributed by atoms with Crippen molar-refractivity contribution in [1.82, 2.24) is 0 Å². The average Bonchev–Trinajstić information content (AvgIpc) is 2.74. The number of benzene rings is 3. The summed E-state index contributed by atoms with van der Waals surface area (Å²) in [5.74, 6) is 0.628. The first kappa shape index (κ1) is 19.0. The molecular weight excluding hydrogens is 364 g/mol. The summed E-state index contributed by atoms with van der Waals surface area (Å²) >= 11 is 0. The molecule has 5 heteroatoms. The van der Waals surface area contributed by atoms with Gasteiger partial charge in [0.1, 0.15) is 5.75 Å². The molecule has 1 aliphatic heterocycles. The maximum atomic E-state index is 12.7. The molecule has 1 saturated heterocycles. The lowest BCUT2D eigenvalue weighted by Gasteiger charge is -2.28. The number of anilines is 2. The minimum absolute atomic E-state index is 0.0915. The van der Waals surface area contributed by atoms with Gasteiger partial charge in [-0.15, -0.1) is 0 Å². The first-order valence-corrected chi connectivity index (χ1v) is 9.90. The van der Waals surface area contributed by atoms with E-state index in [0.29, 0.717) is 30.1 Å². The van der Waals surface area contributed by atoms with Crippen molar-refractivity contribution >= 4 is 34.0 Å². The number of carbonyl (C=O) groups excluding carboxylic acids is 2. The third-order valence-electron chi connectivity index (χ3n) is 5.31. The molecule has 0 bridgehead atoms. The molecule has 0 saturated carbocycles. The van der Waals surface area contributed by atoms with Crippen LogP contribution in [0.3, 0.4) is 0 Å². The van der Waals surface area contributed by atoms with Gasteiger partial charge in [-0.25, -0.2) is 0 Å². The maximum Gasteiger partial charge on any atom is 0.228 e. The predicted octanol–water partition coefficient (Wildman–Crippen LogP) is 4.55. The molecule has 0 spiro atoms. The maximum absolute atomic E-state index is 12.7. The quantitative estimate of drug-likeness (QED) is 0.698. The molecule has 0 unspecified atom stereocenters. The molecule has 4 rings (SSSR count). The Bertz CT molecular complexity index is 1060. The van der Waals surface area contributed by atoms with E-state index in [-0.39, 0.29) is 18.2 Å². The molecule has 0 atom stereocenters. The lowest BCUT2D eigenvalue weighted by Crippen LogP contribution is -2.35. The van der Waals surface area contributed by atoms with Gasteiger partial charge in [-0.2, -0.15) is 0 Å². The summed E-state index contributed by atoms with van der Waals surface area (Å²) in [6, 6.07) is 19.5. The number of hydrogen-bond donors (Lipinski definition) is 1. The molecule has 1 aliphatic rings. The Kier molecular flexibility index (Phi) is 5.47. The fourth-order valence-electron chi connectivity index (χ4n) is 3.86. The van der Waals surface area contributed by atoms with Crippen molar-refractivity contribution in [1.29, 1.82) is 0 Å². The fraction of sp³-hybridized carbons (Fsp3) is 0.250. The highest BCUT2D eigenvalue weighted by atomic mass is 16.5. The number of ether oxygens (including phenoxy) is 1. The number of carbonyl (C=O) groups is 2. The standard InChI is InChI=1S/C24H24N2O3/c1-29-22-13-12-19(16-21(22)26-14-5-4-11-24(26)28)25-23(27)15-18-9-6-8-17-7-2-3-10-20(17)18/h2-3,6-10,12-13,16H,4-5,11,14-15H2,1H3,(H,25,27). The van der Waals surface area contributed by atoms with E-state index in [2.05, 4.69) is 5.32 Å². The molecule has 29 heavy (non-hydrogen) atoms. The molecule has 5 nitrogen and oxygen atoms in total. The van der Waals surface area contributed by atoms with E-state index in [4.69, 9.17) is 4.74 Å². The Balaban J connectivity index is 1.55. The van der Waals surface area contributed by atoms with E-state index >= 15 is 0 Å². The summed E-state index contributed by atoms with van der Waals surface area (Å²) in [6.07, 6.45) is 2.71. The minimum Gasteiger partial charge on any atom is -0.495 e. The van der Waals surface area contributed by atoms with Crippen LogP contribution in [0.4, 0.5) is 11.4 Å². The zero-order valence-corrected chi connectivity index (χ0v) is 16.5. The van der Waals surface area contributed by atoms with Gasteiger partial charge in [-0.3, -0.25) is 9.59 Å². The Morgan fingerprint density at radius 3 is 2.72 bits per heavy atom. The molecule has 148 valence electrons. The van der Waals surface area contributed by atoms with Crippen LogP contribution >= 0.6 is 0 Å². The van der Waals surface area contributed by atoms with Crippen LogP contribution in [0.1, 0.15) is 24.8 Å². The summed E-state index contributed by atoms with van der Waals surface area (Å²) in [4.78, 5) is 26.8. The van der Waals surface area contributed by atoms with Crippen molar-refractivity contribution in [3.05, 3.63) is 66.2 Å². The first-order chi connectivity index (χ1) is 14.2. The van der Waals surface area contributed by atoms with Gasteiger partial charge >= 0.3 is 0 Å². The summed E-state index contributed by atoms with van der Waals surface area (Å²) in [7, 11) is 1.59. The van der Waals surface area contributed by atoms with E-state index in [1.165, 1.54) is 0 Å². The molecule has 0 aliphatic carbocycles. The second-order valence-corrected chi connectivity index (χ2v) is 7.25. The van der Waals surface area contributed by atoms with Crippen molar-refractivity contribution in [3.8, 4) is 5.75 Å². The van der Waals surface area contributed by atoms with Gasteiger partial charge in [0, 0.05) is 18.7 Å². The molecular formula is C24H24N2O3. The van der Waals surface area contributed by atoms with Crippen molar-refractivity contribution in [2.45, 2.75) is 25.7 Å². The van der Waals surface area contributed by atoms with Gasteiger partial charge in [-0.05, 0) is 47.4 Å². The molecule has 0 aromatic heterocycles. The number of rotatable bonds is 5. The van der Waals surface area contributed by atoms with Crippen LogP contribution in [0.2, 0.25) is 0 Å². The number of piperidine rings is 1. The second kappa shape index (κ2) is 8.35. The van der Waals surface area contributed by atoms with Crippen LogP contribution < -0.4 is 15.0 Å². The third-order valence-corrected chi connectivity index (χ3v) is 5.31. The number of nitrogens with zero attached hydrogens (tertiary/aromatic N) is 1. The molecule has 0 radical (unpaired) electrons. The van der Waals surface area contributed by atoms with E-state index in [1.807, 2.05) is 48.5 Å². The lowest BCUT2D eigenvalue weighted by atomic mass is 10.0. The van der Waals surface area contributed by atoms with Gasteiger partial charge in [0.2, 0.25) is 11.8 Å². The highest BCUT2D eigenvalue weighted by Gasteiger charge is 2.23. The second-order valence-electron chi connectivity index (χ2n) is 7.25. The van der Waals surface area contributed by atoms with E-state index < -0.39 is 0 Å². The average molecular weight is 388 g/mol. The van der Waals surface area contributed by atoms with Crippen LogP contribution in [-0.4, -0.2) is 25.5 Å². The Hall–Kier alpha value is -3.34. The van der Waals surface area contributed by atoms with E-state index in [9.17, 15) is 9.59 Å². The fourth-order valence-corrected chi connectivity index (χ4v) is 3.86. The van der Waals surface area contributed by atoms with Gasteiger partial charge in [0.15, 0.2) is 0 Å². The minimum atomic E-state index is -0.0950. The van der Waals surface area contributed by atoms with Crippen LogP contribution in [-0.2, 0) is 16.0 Å². The number of amides is 2. The van der Waals surface area contributed by atoms with Crippen molar-refractivity contribution in [2.75, 3.05) is 23.9 Å². The molecule has 2 amide bonds. The molecule has 3 aromatic carbocycles. The Morgan fingerprint density at radius 1 is 1.07 bits per heavy atom. The number of hydrogen-bond acceptors (Lipinski definition) is 3. The number of nitrogens with one attached hydrogen (secondary N) is 1. The number of methoxy groups -OCH3 is 1. The summed E-state index contributed by atoms with van der Waals surface area (Å²) in [5, 5.41) is 5.17. The predicted molar refractivity (Wildman–Crippen MR) is 115 cm³/mol. The van der Waals surface area contributed by atoms with Crippen LogP contribution in [0.25, 0.3) is 10.8 Å². The topological polar surface area (TPSA) is 58.6 Å². The van der Waals surface area contributed by atoms with Crippen molar-refractivity contribution in [3.63, 3.8) is 0 Å². The summed E-state index contributed by atoms with van der Waals surface area (Å²) in [5.41, 5.74) is 2.35. The zero-order chi connectivity index (χ0) is 20.2. The smallest absolute Gasteiger partial charge is 0.228 e. The summed E-state index contributed by atoms with van der Waals surface area (Å²) < 4.78 is 5.44. The van der Waals surface area contributed by atoms with Gasteiger partial charge < -0.3 is 15.0 Å². The van der Waals surface area contributed by atoms with Crippen molar-refractivity contribution < 1.29 is 14.3 Å². The SMILES string of the molecule is COc1ccc(NC(=O)Cc2cccc3ccccc23)cc1N1CCCCC1=O. The van der Waals surface area contributed by atoms with E-state index in [1.54, 1.807) is 24.1 Å². The highest BCUT2D eigenvalue weighted by molar-refractivity contribution is 5.99. The zero-order valence-electron chi connectivity index (χ0n) is 16.5. The monoisotopic (exact) mass is 388 g/mol. The van der Waals surface area contributed by atoms with Crippen LogP contribution in [0.5, 0.6) is 5.75 Å². The highest BCUT2D eigenvalue weighted by Crippen LogP contribution is 2.33. The normalized spacial score (nSPS) is 14.1. The van der Waals surface area contributed by atoms with Gasteiger partial charge in [0.25, 0.3) is 0 Å². The Labute approximate surface area is 170 Å². The van der Waals surface area contributed by atoms with E-state index in [0.717, 1.165) is 29.2 Å².